The Balaban J connectivity index is 2.22. The first-order valence-corrected chi connectivity index (χ1v) is 7.20. The van der Waals surface area contributed by atoms with Crippen molar-refractivity contribution in [1.29, 1.82) is 0 Å². The van der Waals surface area contributed by atoms with Gasteiger partial charge in [0, 0.05) is 18.6 Å². The molecule has 0 radical (unpaired) electrons. The van der Waals surface area contributed by atoms with Gasteiger partial charge in [-0.3, -0.25) is 9.69 Å². The lowest BCUT2D eigenvalue weighted by Crippen LogP contribution is -2.46. The zero-order valence-corrected chi connectivity index (χ0v) is 12.3. The van der Waals surface area contributed by atoms with E-state index in [4.69, 9.17) is 0 Å². The van der Waals surface area contributed by atoms with Crippen LogP contribution in [0.1, 0.15) is 40.0 Å². The molecule has 0 aliphatic carbocycles. The van der Waals surface area contributed by atoms with Gasteiger partial charge in [-0.2, -0.15) is 0 Å². The lowest BCUT2D eigenvalue weighted by atomic mass is 10.0. The van der Waals surface area contributed by atoms with E-state index in [0.29, 0.717) is 18.5 Å². The van der Waals surface area contributed by atoms with E-state index < -0.39 is 0 Å². The molecule has 1 rings (SSSR count). The number of carbonyl (C=O) groups excluding carboxylic acids is 1. The molecule has 0 aromatic heterocycles. The molecule has 1 aliphatic rings. The van der Waals surface area contributed by atoms with Crippen LogP contribution in [0.15, 0.2) is 0 Å². The Labute approximate surface area is 111 Å². The summed E-state index contributed by atoms with van der Waals surface area (Å²) in [5.74, 6) is 0.619. The number of piperidine rings is 1. The standard InChI is InChI=1S/C14H29N3O/c1-11(2)12(3)16-14(18)10-17(4)9-13-7-5-6-8-15-13/h11-13,15H,5-10H2,1-4H3,(H,16,18). The van der Waals surface area contributed by atoms with Gasteiger partial charge in [0.05, 0.1) is 6.54 Å². The van der Waals surface area contributed by atoms with Gasteiger partial charge in [0.2, 0.25) is 5.91 Å². The average molecular weight is 255 g/mol. The second-order valence-electron chi connectivity index (χ2n) is 5.94. The molecule has 2 atom stereocenters. The quantitative estimate of drug-likeness (QED) is 0.750. The van der Waals surface area contributed by atoms with E-state index in [9.17, 15) is 4.79 Å². The SMILES string of the molecule is CC(C)C(C)NC(=O)CN(C)CC1CCCCN1. The second-order valence-corrected chi connectivity index (χ2v) is 5.94. The van der Waals surface area contributed by atoms with E-state index >= 15 is 0 Å². The van der Waals surface area contributed by atoms with E-state index in [1.54, 1.807) is 0 Å². The van der Waals surface area contributed by atoms with Crippen LogP contribution in [-0.4, -0.2) is 49.6 Å². The van der Waals surface area contributed by atoms with Gasteiger partial charge in [-0.25, -0.2) is 0 Å². The molecule has 0 spiro atoms. The molecule has 2 unspecified atom stereocenters. The highest BCUT2D eigenvalue weighted by atomic mass is 16.2. The Morgan fingerprint density at radius 3 is 2.67 bits per heavy atom. The Hall–Kier alpha value is -0.610. The third-order valence-corrected chi connectivity index (χ3v) is 3.75. The lowest BCUT2D eigenvalue weighted by molar-refractivity contribution is -0.122. The van der Waals surface area contributed by atoms with Gasteiger partial charge < -0.3 is 10.6 Å². The van der Waals surface area contributed by atoms with Gasteiger partial charge >= 0.3 is 0 Å². The van der Waals surface area contributed by atoms with Crippen molar-refractivity contribution in [2.45, 2.75) is 52.1 Å². The van der Waals surface area contributed by atoms with Gasteiger partial charge in [0.1, 0.15) is 0 Å². The van der Waals surface area contributed by atoms with Crippen LogP contribution >= 0.6 is 0 Å². The first-order valence-electron chi connectivity index (χ1n) is 7.20. The Bertz CT molecular complexity index is 249. The molecule has 1 fully saturated rings. The van der Waals surface area contributed by atoms with E-state index in [1.807, 2.05) is 7.05 Å². The van der Waals surface area contributed by atoms with E-state index in [1.165, 1.54) is 19.3 Å². The lowest BCUT2D eigenvalue weighted by Gasteiger charge is -2.28. The van der Waals surface area contributed by atoms with Crippen LogP contribution in [0.5, 0.6) is 0 Å². The molecule has 106 valence electrons. The zero-order valence-electron chi connectivity index (χ0n) is 12.3. The fraction of sp³-hybridized carbons (Fsp3) is 0.929. The third-order valence-electron chi connectivity index (χ3n) is 3.75. The van der Waals surface area contributed by atoms with Crippen molar-refractivity contribution < 1.29 is 4.79 Å². The molecule has 4 nitrogen and oxygen atoms in total. The van der Waals surface area contributed by atoms with Crippen molar-refractivity contribution in [3.8, 4) is 0 Å². The monoisotopic (exact) mass is 255 g/mol. The smallest absolute Gasteiger partial charge is 0.234 e. The third kappa shape index (κ3) is 5.83. The highest BCUT2D eigenvalue weighted by Crippen LogP contribution is 2.07. The van der Waals surface area contributed by atoms with Crippen molar-refractivity contribution in [3.63, 3.8) is 0 Å². The predicted octanol–water partition coefficient (Wildman–Crippen LogP) is 1.22. The van der Waals surface area contributed by atoms with E-state index in [0.717, 1.165) is 13.1 Å². The first-order chi connectivity index (χ1) is 8.49. The maximum Gasteiger partial charge on any atom is 0.234 e. The van der Waals surface area contributed by atoms with E-state index in [2.05, 4.69) is 36.3 Å². The highest BCUT2D eigenvalue weighted by molar-refractivity contribution is 5.78. The molecule has 0 bridgehead atoms. The second kappa shape index (κ2) is 7.74. The topological polar surface area (TPSA) is 44.4 Å². The molecule has 18 heavy (non-hydrogen) atoms. The van der Waals surface area contributed by atoms with Gasteiger partial charge in [-0.05, 0) is 39.3 Å². The molecular formula is C14H29N3O. The van der Waals surface area contributed by atoms with Gasteiger partial charge in [-0.1, -0.05) is 20.3 Å². The van der Waals surface area contributed by atoms with Crippen LogP contribution in [0.2, 0.25) is 0 Å². The molecule has 4 heteroatoms. The number of nitrogens with one attached hydrogen (secondary N) is 2. The molecule has 0 aromatic rings. The summed E-state index contributed by atoms with van der Waals surface area (Å²) in [6.45, 7) is 8.89. The number of amides is 1. The molecular weight excluding hydrogens is 226 g/mol. The summed E-state index contributed by atoms with van der Waals surface area (Å²) >= 11 is 0. The highest BCUT2D eigenvalue weighted by Gasteiger charge is 2.17. The minimum absolute atomic E-state index is 0.134. The fourth-order valence-corrected chi connectivity index (χ4v) is 2.23. The average Bonchev–Trinajstić information content (AvgIpc) is 2.29. The summed E-state index contributed by atoms with van der Waals surface area (Å²) in [4.78, 5) is 14.0. The number of likely N-dealkylation sites (N-methyl/N-ethyl adjacent to an activating group) is 1. The molecule has 0 aromatic carbocycles. The van der Waals surface area contributed by atoms with Crippen LogP contribution in [0.3, 0.4) is 0 Å². The Morgan fingerprint density at radius 2 is 2.11 bits per heavy atom. The van der Waals surface area contributed by atoms with Gasteiger partial charge in [0.25, 0.3) is 0 Å². The van der Waals surface area contributed by atoms with Crippen molar-refractivity contribution in [2.24, 2.45) is 5.92 Å². The minimum atomic E-state index is 0.134. The van der Waals surface area contributed by atoms with Gasteiger partial charge in [-0.15, -0.1) is 0 Å². The summed E-state index contributed by atoms with van der Waals surface area (Å²) in [5.41, 5.74) is 0. The zero-order chi connectivity index (χ0) is 13.5. The van der Waals surface area contributed by atoms with Crippen molar-refractivity contribution >= 4 is 5.91 Å². The van der Waals surface area contributed by atoms with Crippen LogP contribution < -0.4 is 10.6 Å². The van der Waals surface area contributed by atoms with Crippen LogP contribution in [0.4, 0.5) is 0 Å². The number of carbonyl (C=O) groups is 1. The summed E-state index contributed by atoms with van der Waals surface area (Å²) < 4.78 is 0. The molecule has 2 N–H and O–H groups in total. The molecule has 1 saturated heterocycles. The summed E-state index contributed by atoms with van der Waals surface area (Å²) in [6, 6.07) is 0.803. The normalized spacial score (nSPS) is 22.2. The number of nitrogens with zero attached hydrogens (tertiary/aromatic N) is 1. The maximum atomic E-state index is 11.8. The fourth-order valence-electron chi connectivity index (χ4n) is 2.23. The number of hydrogen-bond donors (Lipinski definition) is 2. The number of rotatable bonds is 6. The Morgan fingerprint density at radius 1 is 1.39 bits per heavy atom. The van der Waals surface area contributed by atoms with Crippen LogP contribution in [0, 0.1) is 5.92 Å². The minimum Gasteiger partial charge on any atom is -0.352 e. The summed E-state index contributed by atoms with van der Waals surface area (Å²) in [5, 5.41) is 6.56. The number of hydrogen-bond acceptors (Lipinski definition) is 3. The van der Waals surface area contributed by atoms with Crippen molar-refractivity contribution in [3.05, 3.63) is 0 Å². The molecule has 0 saturated carbocycles. The van der Waals surface area contributed by atoms with E-state index in [-0.39, 0.29) is 11.9 Å². The molecule has 1 heterocycles. The largest absolute Gasteiger partial charge is 0.352 e. The summed E-state index contributed by atoms with van der Waals surface area (Å²) in [7, 11) is 2.02. The Kier molecular flexibility index (Phi) is 6.65. The van der Waals surface area contributed by atoms with Crippen LogP contribution in [0.25, 0.3) is 0 Å². The van der Waals surface area contributed by atoms with Crippen LogP contribution in [-0.2, 0) is 4.79 Å². The maximum absolute atomic E-state index is 11.8. The first kappa shape index (κ1) is 15.4. The molecule has 1 aliphatic heterocycles. The molecule has 1 amide bonds. The summed E-state index contributed by atoms with van der Waals surface area (Å²) in [6.07, 6.45) is 3.82. The van der Waals surface area contributed by atoms with Gasteiger partial charge in [0.15, 0.2) is 0 Å². The predicted molar refractivity (Wildman–Crippen MR) is 75.6 cm³/mol. The van der Waals surface area contributed by atoms with Crippen molar-refractivity contribution in [2.75, 3.05) is 26.7 Å². The van der Waals surface area contributed by atoms with Crippen molar-refractivity contribution in [1.82, 2.24) is 15.5 Å².